The number of anilines is 1. The molecule has 2 heterocycles. The van der Waals surface area contributed by atoms with Gasteiger partial charge in [0, 0.05) is 12.5 Å². The Hall–Kier alpha value is -1.54. The van der Waals surface area contributed by atoms with E-state index in [1.165, 1.54) is 16.9 Å². The highest BCUT2D eigenvalue weighted by Crippen LogP contribution is 2.36. The number of hydrogen-bond acceptors (Lipinski definition) is 6. The molecule has 2 aromatic rings. The lowest BCUT2D eigenvalue weighted by Crippen LogP contribution is -2.47. The van der Waals surface area contributed by atoms with Crippen LogP contribution in [-0.4, -0.2) is 42.9 Å². The Morgan fingerprint density at radius 3 is 2.56 bits per heavy atom. The summed E-state index contributed by atoms with van der Waals surface area (Å²) < 4.78 is 5.34. The summed E-state index contributed by atoms with van der Waals surface area (Å²) in [5.74, 6) is -0.0268. The van der Waals surface area contributed by atoms with Gasteiger partial charge in [0.1, 0.15) is 5.01 Å². The number of benzene rings is 1. The summed E-state index contributed by atoms with van der Waals surface area (Å²) in [6.45, 7) is 6.29. The first-order valence-electron chi connectivity index (χ1n) is 8.88. The van der Waals surface area contributed by atoms with Crippen molar-refractivity contribution in [3.8, 4) is 0 Å². The maximum atomic E-state index is 12.9. The van der Waals surface area contributed by atoms with Crippen LogP contribution in [0.2, 0.25) is 0 Å². The molecule has 0 atom stereocenters. The van der Waals surface area contributed by atoms with Crippen LogP contribution in [0.5, 0.6) is 0 Å². The quantitative estimate of drug-likeness (QED) is 0.764. The summed E-state index contributed by atoms with van der Waals surface area (Å²) in [6, 6.07) is 10.2. The molecule has 1 aromatic heterocycles. The van der Waals surface area contributed by atoms with E-state index in [4.69, 9.17) is 4.74 Å². The van der Waals surface area contributed by atoms with Crippen molar-refractivity contribution >= 4 is 34.8 Å². The normalized spacial score (nSPS) is 16.4. The largest absolute Gasteiger partial charge is 0.384 e. The van der Waals surface area contributed by atoms with E-state index in [0.29, 0.717) is 11.7 Å². The predicted molar refractivity (Wildman–Crippen MR) is 111 cm³/mol. The first-order valence-corrected chi connectivity index (χ1v) is 9.70. The van der Waals surface area contributed by atoms with Crippen LogP contribution in [0.25, 0.3) is 0 Å². The fourth-order valence-corrected chi connectivity index (χ4v) is 4.22. The number of halogens is 1. The molecular formula is C19H27ClN4O2S. The summed E-state index contributed by atoms with van der Waals surface area (Å²) in [5, 5.41) is 16.3. The number of carbonyl (C=O) groups excluding carboxylic acids is 1. The molecule has 8 heteroatoms. The molecule has 1 aliphatic heterocycles. The minimum absolute atomic E-state index is 0. The molecule has 0 radical (unpaired) electrons. The minimum atomic E-state index is -0.499. The Morgan fingerprint density at radius 2 is 1.93 bits per heavy atom. The topological polar surface area (TPSA) is 76.1 Å². The van der Waals surface area contributed by atoms with E-state index in [2.05, 4.69) is 46.8 Å². The Balaban J connectivity index is 0.00000261. The third-order valence-corrected chi connectivity index (χ3v) is 6.30. The molecule has 27 heavy (non-hydrogen) atoms. The van der Waals surface area contributed by atoms with Crippen molar-refractivity contribution in [1.29, 1.82) is 0 Å². The number of aromatic nitrogens is 2. The number of nitrogens with one attached hydrogen (secondary N) is 2. The first-order chi connectivity index (χ1) is 12.5. The van der Waals surface area contributed by atoms with Crippen molar-refractivity contribution in [2.24, 2.45) is 5.41 Å². The van der Waals surface area contributed by atoms with E-state index in [1.54, 1.807) is 7.11 Å². The monoisotopic (exact) mass is 410 g/mol. The van der Waals surface area contributed by atoms with Gasteiger partial charge in [0.2, 0.25) is 11.0 Å². The van der Waals surface area contributed by atoms with Crippen molar-refractivity contribution in [2.75, 3.05) is 32.1 Å². The van der Waals surface area contributed by atoms with Gasteiger partial charge in [-0.15, -0.1) is 22.6 Å². The molecule has 3 rings (SSSR count). The van der Waals surface area contributed by atoms with Gasteiger partial charge in [-0.25, -0.2) is 0 Å². The number of nitrogens with zero attached hydrogens (tertiary/aromatic N) is 2. The molecule has 1 fully saturated rings. The molecule has 1 aromatic carbocycles. The minimum Gasteiger partial charge on any atom is -0.384 e. The average Bonchev–Trinajstić information content (AvgIpc) is 3.13. The van der Waals surface area contributed by atoms with Crippen LogP contribution >= 0.6 is 23.7 Å². The van der Waals surface area contributed by atoms with Crippen molar-refractivity contribution in [3.63, 3.8) is 0 Å². The SMILES string of the molecule is COCC1(C(=O)Nc2nnc(C(C)(C)c3ccccc3)s2)CCNCC1.Cl. The fourth-order valence-electron chi connectivity index (χ4n) is 3.35. The van der Waals surface area contributed by atoms with Crippen molar-refractivity contribution in [2.45, 2.75) is 32.1 Å². The molecule has 6 nitrogen and oxygen atoms in total. The van der Waals surface area contributed by atoms with E-state index >= 15 is 0 Å². The fraction of sp³-hybridized carbons (Fsp3) is 0.526. The standard InChI is InChI=1S/C19H26N4O2S.ClH/c1-18(2,14-7-5-4-6-8-14)16-22-23-17(26-16)21-15(24)19(13-25-3)9-11-20-12-10-19;/h4-8,20H,9-13H2,1-3H3,(H,21,23,24);1H. The number of amides is 1. The number of methoxy groups -OCH3 is 1. The Bertz CT molecular complexity index is 740. The smallest absolute Gasteiger partial charge is 0.234 e. The van der Waals surface area contributed by atoms with E-state index in [-0.39, 0.29) is 23.7 Å². The summed E-state index contributed by atoms with van der Waals surface area (Å²) in [7, 11) is 1.64. The molecule has 0 unspecified atom stereocenters. The van der Waals surface area contributed by atoms with Crippen LogP contribution in [-0.2, 0) is 14.9 Å². The molecule has 148 valence electrons. The van der Waals surface area contributed by atoms with Gasteiger partial charge in [0.25, 0.3) is 0 Å². The molecule has 0 spiro atoms. The summed E-state index contributed by atoms with van der Waals surface area (Å²) in [4.78, 5) is 12.9. The second-order valence-electron chi connectivity index (χ2n) is 7.32. The highest BCUT2D eigenvalue weighted by atomic mass is 35.5. The molecule has 1 amide bonds. The predicted octanol–water partition coefficient (Wildman–Crippen LogP) is 3.24. The zero-order valence-corrected chi connectivity index (χ0v) is 17.6. The zero-order chi connectivity index (χ0) is 18.6. The Labute approximate surface area is 170 Å². The van der Waals surface area contributed by atoms with Gasteiger partial charge in [-0.3, -0.25) is 10.1 Å². The maximum absolute atomic E-state index is 12.9. The number of carbonyl (C=O) groups is 1. The van der Waals surface area contributed by atoms with Crippen LogP contribution in [0, 0.1) is 5.41 Å². The second kappa shape index (κ2) is 9.10. The lowest BCUT2D eigenvalue weighted by Gasteiger charge is -2.35. The number of rotatable bonds is 6. The lowest BCUT2D eigenvalue weighted by atomic mass is 9.79. The molecule has 1 aliphatic rings. The highest BCUT2D eigenvalue weighted by Gasteiger charge is 2.40. The summed E-state index contributed by atoms with van der Waals surface area (Å²) in [6.07, 6.45) is 1.52. The highest BCUT2D eigenvalue weighted by molar-refractivity contribution is 7.15. The Morgan fingerprint density at radius 1 is 1.26 bits per heavy atom. The zero-order valence-electron chi connectivity index (χ0n) is 15.9. The third kappa shape index (κ3) is 4.66. The molecule has 0 aliphatic carbocycles. The van der Waals surface area contributed by atoms with Gasteiger partial charge in [0.15, 0.2) is 0 Å². The molecule has 1 saturated heterocycles. The summed E-state index contributed by atoms with van der Waals surface area (Å²) >= 11 is 1.43. The number of piperidine rings is 1. The second-order valence-corrected chi connectivity index (χ2v) is 8.30. The molecular weight excluding hydrogens is 384 g/mol. The third-order valence-electron chi connectivity index (χ3n) is 5.14. The molecule has 0 saturated carbocycles. The van der Waals surface area contributed by atoms with Crippen LogP contribution in [0.4, 0.5) is 5.13 Å². The van der Waals surface area contributed by atoms with E-state index in [9.17, 15) is 4.79 Å². The van der Waals surface area contributed by atoms with Crippen LogP contribution in [0.1, 0.15) is 37.3 Å². The first kappa shape index (κ1) is 21.8. The van der Waals surface area contributed by atoms with Crippen molar-refractivity contribution in [3.05, 3.63) is 40.9 Å². The van der Waals surface area contributed by atoms with Gasteiger partial charge in [-0.2, -0.15) is 0 Å². The van der Waals surface area contributed by atoms with Gasteiger partial charge in [-0.05, 0) is 45.3 Å². The summed E-state index contributed by atoms with van der Waals surface area (Å²) in [5.41, 5.74) is 0.407. The maximum Gasteiger partial charge on any atom is 0.234 e. The van der Waals surface area contributed by atoms with Gasteiger partial charge < -0.3 is 10.1 Å². The van der Waals surface area contributed by atoms with Gasteiger partial charge >= 0.3 is 0 Å². The van der Waals surface area contributed by atoms with Crippen LogP contribution in [0.15, 0.2) is 30.3 Å². The van der Waals surface area contributed by atoms with E-state index in [1.807, 2.05) is 18.2 Å². The number of hydrogen-bond donors (Lipinski definition) is 2. The lowest BCUT2D eigenvalue weighted by molar-refractivity contribution is -0.130. The molecule has 2 N–H and O–H groups in total. The van der Waals surface area contributed by atoms with Gasteiger partial charge in [0.05, 0.1) is 12.0 Å². The average molecular weight is 411 g/mol. The van der Waals surface area contributed by atoms with E-state index < -0.39 is 5.41 Å². The van der Waals surface area contributed by atoms with Gasteiger partial charge in [-0.1, -0.05) is 41.7 Å². The van der Waals surface area contributed by atoms with Crippen molar-refractivity contribution in [1.82, 2.24) is 15.5 Å². The van der Waals surface area contributed by atoms with Crippen molar-refractivity contribution < 1.29 is 9.53 Å². The molecule has 0 bridgehead atoms. The van der Waals surface area contributed by atoms with Crippen LogP contribution in [0.3, 0.4) is 0 Å². The number of ether oxygens (including phenoxy) is 1. The van der Waals surface area contributed by atoms with E-state index in [0.717, 1.165) is 30.9 Å². The Kier molecular flexibility index (Phi) is 7.33. The van der Waals surface area contributed by atoms with Crippen LogP contribution < -0.4 is 10.6 Å².